The van der Waals surface area contributed by atoms with Crippen molar-refractivity contribution in [1.82, 2.24) is 10.3 Å². The molecule has 0 aliphatic heterocycles. The summed E-state index contributed by atoms with van der Waals surface area (Å²) in [6.07, 6.45) is 2.89. The van der Waals surface area contributed by atoms with Gasteiger partial charge >= 0.3 is 0 Å². The molecule has 0 aliphatic carbocycles. The summed E-state index contributed by atoms with van der Waals surface area (Å²) in [4.78, 5) is 4.30. The molecule has 0 spiro atoms. The Morgan fingerprint density at radius 1 is 1.33 bits per heavy atom. The molecule has 0 radical (unpaired) electrons. The number of hydrogen-bond acceptors (Lipinski definition) is 3. The molecular formula is C16H18BrClN2O. The fourth-order valence-corrected chi connectivity index (χ4v) is 2.31. The van der Waals surface area contributed by atoms with Crippen LogP contribution in [0.4, 0.5) is 0 Å². The smallest absolute Gasteiger partial charge is 0.238 e. The lowest BCUT2D eigenvalue weighted by Gasteiger charge is -2.09. The van der Waals surface area contributed by atoms with E-state index in [0.717, 1.165) is 40.9 Å². The molecule has 1 aromatic heterocycles. The Balaban J connectivity index is 2.08. The zero-order chi connectivity index (χ0) is 15.2. The quantitative estimate of drug-likeness (QED) is 0.719. The van der Waals surface area contributed by atoms with Gasteiger partial charge in [0, 0.05) is 17.2 Å². The molecule has 0 atom stereocenters. The topological polar surface area (TPSA) is 34.2 Å². The van der Waals surface area contributed by atoms with Gasteiger partial charge in [-0.15, -0.1) is 0 Å². The van der Waals surface area contributed by atoms with Crippen molar-refractivity contribution in [2.45, 2.75) is 26.8 Å². The van der Waals surface area contributed by atoms with Gasteiger partial charge in [0.25, 0.3) is 0 Å². The first kappa shape index (κ1) is 16.3. The van der Waals surface area contributed by atoms with Crippen LogP contribution in [0.1, 0.15) is 24.5 Å². The van der Waals surface area contributed by atoms with Crippen molar-refractivity contribution in [2.24, 2.45) is 0 Å². The number of nitrogens with zero attached hydrogens (tertiary/aromatic N) is 1. The molecule has 1 N–H and O–H groups in total. The second-order valence-electron chi connectivity index (χ2n) is 4.82. The average Bonchev–Trinajstić information content (AvgIpc) is 2.46. The van der Waals surface area contributed by atoms with Crippen LogP contribution in [0.15, 0.2) is 34.9 Å². The van der Waals surface area contributed by atoms with Crippen molar-refractivity contribution in [1.29, 1.82) is 0 Å². The Labute approximate surface area is 138 Å². The maximum Gasteiger partial charge on any atom is 0.238 e. The van der Waals surface area contributed by atoms with E-state index in [9.17, 15) is 0 Å². The molecule has 2 aromatic rings. The van der Waals surface area contributed by atoms with Crippen LogP contribution in [-0.2, 0) is 6.54 Å². The number of pyridine rings is 1. The monoisotopic (exact) mass is 368 g/mol. The summed E-state index contributed by atoms with van der Waals surface area (Å²) in [5.74, 6) is 1.15. The van der Waals surface area contributed by atoms with Gasteiger partial charge in [0.2, 0.25) is 5.88 Å². The minimum atomic E-state index is 0.428. The SMILES string of the molecule is CCCNCc1cnc(Oc2ccc(Br)c(C)c2)c(Cl)c1. The Morgan fingerprint density at radius 2 is 2.14 bits per heavy atom. The predicted octanol–water partition coefficient (Wildman–Crippen LogP) is 5.10. The molecule has 0 saturated carbocycles. The van der Waals surface area contributed by atoms with Crippen molar-refractivity contribution in [3.8, 4) is 11.6 Å². The number of aromatic nitrogens is 1. The van der Waals surface area contributed by atoms with Gasteiger partial charge in [0.15, 0.2) is 0 Å². The minimum absolute atomic E-state index is 0.428. The summed E-state index contributed by atoms with van der Waals surface area (Å²) >= 11 is 9.70. The number of ether oxygens (including phenoxy) is 1. The third-order valence-electron chi connectivity index (χ3n) is 2.96. The summed E-state index contributed by atoms with van der Waals surface area (Å²) in [6, 6.07) is 7.66. The molecule has 0 saturated heterocycles. The molecule has 2 rings (SSSR count). The Bertz CT molecular complexity index is 619. The van der Waals surface area contributed by atoms with Crippen LogP contribution in [0.25, 0.3) is 0 Å². The lowest BCUT2D eigenvalue weighted by atomic mass is 10.2. The zero-order valence-electron chi connectivity index (χ0n) is 12.1. The molecule has 21 heavy (non-hydrogen) atoms. The van der Waals surface area contributed by atoms with E-state index in [1.165, 1.54) is 0 Å². The van der Waals surface area contributed by atoms with Crippen LogP contribution in [0.5, 0.6) is 11.6 Å². The number of halogens is 2. The molecule has 0 fully saturated rings. The van der Waals surface area contributed by atoms with Gasteiger partial charge in [0.05, 0.1) is 0 Å². The van der Waals surface area contributed by atoms with Crippen molar-refractivity contribution >= 4 is 27.5 Å². The van der Waals surface area contributed by atoms with Crippen LogP contribution < -0.4 is 10.1 Å². The summed E-state index contributed by atoms with van der Waals surface area (Å²) in [5.41, 5.74) is 2.15. The maximum atomic E-state index is 6.24. The fraction of sp³-hybridized carbons (Fsp3) is 0.312. The van der Waals surface area contributed by atoms with Gasteiger partial charge in [-0.3, -0.25) is 0 Å². The summed E-state index contributed by atoms with van der Waals surface area (Å²) in [7, 11) is 0. The first-order valence-electron chi connectivity index (χ1n) is 6.89. The second-order valence-corrected chi connectivity index (χ2v) is 6.08. The summed E-state index contributed by atoms with van der Waals surface area (Å²) in [6.45, 7) is 5.89. The molecule has 3 nitrogen and oxygen atoms in total. The van der Waals surface area contributed by atoms with Gasteiger partial charge in [-0.2, -0.15) is 0 Å². The number of benzene rings is 1. The van der Waals surface area contributed by atoms with Gasteiger partial charge in [0.1, 0.15) is 10.8 Å². The molecule has 5 heteroatoms. The standard InChI is InChI=1S/C16H18BrClN2O/c1-3-6-19-9-12-8-15(18)16(20-10-12)21-13-4-5-14(17)11(2)7-13/h4-5,7-8,10,19H,3,6,9H2,1-2H3. The maximum absolute atomic E-state index is 6.24. The van der Waals surface area contributed by atoms with Crippen LogP contribution in [-0.4, -0.2) is 11.5 Å². The Morgan fingerprint density at radius 3 is 2.81 bits per heavy atom. The largest absolute Gasteiger partial charge is 0.438 e. The van der Waals surface area contributed by atoms with E-state index in [2.05, 4.69) is 33.2 Å². The normalized spacial score (nSPS) is 10.7. The van der Waals surface area contributed by atoms with Crippen LogP contribution >= 0.6 is 27.5 Å². The first-order chi connectivity index (χ1) is 10.1. The molecule has 0 amide bonds. The highest BCUT2D eigenvalue weighted by molar-refractivity contribution is 9.10. The third-order valence-corrected chi connectivity index (χ3v) is 4.12. The van der Waals surface area contributed by atoms with Gasteiger partial charge in [-0.25, -0.2) is 4.98 Å². The highest BCUT2D eigenvalue weighted by Crippen LogP contribution is 2.29. The Kier molecular flexibility index (Phi) is 6.03. The molecule has 112 valence electrons. The van der Waals surface area contributed by atoms with E-state index in [1.807, 2.05) is 31.2 Å². The highest BCUT2D eigenvalue weighted by Gasteiger charge is 2.07. The molecule has 0 bridgehead atoms. The van der Waals surface area contributed by atoms with E-state index in [1.54, 1.807) is 6.20 Å². The average molecular weight is 370 g/mol. The van der Waals surface area contributed by atoms with Crippen LogP contribution in [0.3, 0.4) is 0 Å². The lowest BCUT2D eigenvalue weighted by Crippen LogP contribution is -2.13. The second kappa shape index (κ2) is 7.78. The molecule has 0 aliphatic rings. The van der Waals surface area contributed by atoms with E-state index in [0.29, 0.717) is 10.9 Å². The minimum Gasteiger partial charge on any atom is -0.438 e. The van der Waals surface area contributed by atoms with Crippen LogP contribution in [0, 0.1) is 6.92 Å². The van der Waals surface area contributed by atoms with E-state index < -0.39 is 0 Å². The fourth-order valence-electron chi connectivity index (χ4n) is 1.84. The van der Waals surface area contributed by atoms with Crippen molar-refractivity contribution in [2.75, 3.05) is 6.54 Å². The first-order valence-corrected chi connectivity index (χ1v) is 8.06. The van der Waals surface area contributed by atoms with Gasteiger partial charge < -0.3 is 10.1 Å². The predicted molar refractivity (Wildman–Crippen MR) is 90.2 cm³/mol. The number of nitrogens with one attached hydrogen (secondary N) is 1. The van der Waals surface area contributed by atoms with E-state index >= 15 is 0 Å². The van der Waals surface area contributed by atoms with Crippen molar-refractivity contribution in [3.05, 3.63) is 51.1 Å². The molecule has 0 unspecified atom stereocenters. The zero-order valence-corrected chi connectivity index (χ0v) is 14.5. The van der Waals surface area contributed by atoms with Crippen LogP contribution in [0.2, 0.25) is 5.02 Å². The van der Waals surface area contributed by atoms with Crippen molar-refractivity contribution in [3.63, 3.8) is 0 Å². The summed E-state index contributed by atoms with van der Waals surface area (Å²) < 4.78 is 6.79. The highest BCUT2D eigenvalue weighted by atomic mass is 79.9. The van der Waals surface area contributed by atoms with E-state index in [4.69, 9.17) is 16.3 Å². The van der Waals surface area contributed by atoms with Gasteiger partial charge in [-0.1, -0.05) is 34.5 Å². The number of rotatable bonds is 6. The molecule has 1 aromatic carbocycles. The van der Waals surface area contributed by atoms with E-state index in [-0.39, 0.29) is 0 Å². The molecular weight excluding hydrogens is 352 g/mol. The number of hydrogen-bond donors (Lipinski definition) is 1. The summed E-state index contributed by atoms with van der Waals surface area (Å²) in [5, 5.41) is 3.84. The van der Waals surface area contributed by atoms with Crippen molar-refractivity contribution < 1.29 is 4.74 Å². The molecule has 1 heterocycles. The van der Waals surface area contributed by atoms with Gasteiger partial charge in [-0.05, 0) is 55.3 Å². The lowest BCUT2D eigenvalue weighted by molar-refractivity contribution is 0.462. The Hall–Kier alpha value is -1.10. The third kappa shape index (κ3) is 4.70. The number of aryl methyl sites for hydroxylation is 1.